The van der Waals surface area contributed by atoms with Gasteiger partial charge in [-0.1, -0.05) is 6.92 Å². The number of likely N-dealkylation sites (tertiary alicyclic amines) is 1. The van der Waals surface area contributed by atoms with E-state index >= 15 is 0 Å². The summed E-state index contributed by atoms with van der Waals surface area (Å²) in [6, 6.07) is 7.97. The molecule has 0 aromatic heterocycles. The van der Waals surface area contributed by atoms with Crippen LogP contribution in [-0.2, 0) is 0 Å². The summed E-state index contributed by atoms with van der Waals surface area (Å²) in [5.41, 5.74) is 0.773. The number of ketones is 1. The summed E-state index contributed by atoms with van der Waals surface area (Å²) < 4.78 is 5.38. The zero-order valence-electron chi connectivity index (χ0n) is 12.1. The maximum atomic E-state index is 12.2. The molecule has 0 spiro atoms. The molecule has 0 aliphatic carbocycles. The second kappa shape index (κ2) is 6.20. The standard InChI is InChI=1S/C16H23NO2/c1-4-19-15-7-5-14(6-8-15)16(18)11-17-10-12(2)9-13(17)3/h5-8,12-13H,4,9-11H2,1-3H3. The van der Waals surface area contributed by atoms with Crippen LogP contribution >= 0.6 is 0 Å². The second-order valence-electron chi connectivity index (χ2n) is 5.50. The normalized spacial score (nSPS) is 23.5. The van der Waals surface area contributed by atoms with Crippen LogP contribution in [0.5, 0.6) is 5.75 Å². The first-order chi connectivity index (χ1) is 9.10. The van der Waals surface area contributed by atoms with Gasteiger partial charge in [-0.05, 0) is 50.5 Å². The van der Waals surface area contributed by atoms with E-state index < -0.39 is 0 Å². The van der Waals surface area contributed by atoms with Crippen LogP contribution in [0.25, 0.3) is 0 Å². The van der Waals surface area contributed by atoms with Crippen molar-refractivity contribution in [2.45, 2.75) is 33.2 Å². The molecule has 1 saturated heterocycles. The first-order valence-corrected chi connectivity index (χ1v) is 7.10. The number of carbonyl (C=O) groups excluding carboxylic acids is 1. The predicted molar refractivity (Wildman–Crippen MR) is 76.8 cm³/mol. The van der Waals surface area contributed by atoms with Crippen molar-refractivity contribution in [2.75, 3.05) is 19.7 Å². The minimum Gasteiger partial charge on any atom is -0.494 e. The van der Waals surface area contributed by atoms with E-state index in [0.29, 0.717) is 25.1 Å². The Morgan fingerprint density at radius 2 is 2.00 bits per heavy atom. The minimum atomic E-state index is 0.198. The Balaban J connectivity index is 1.96. The number of hydrogen-bond acceptors (Lipinski definition) is 3. The lowest BCUT2D eigenvalue weighted by molar-refractivity contribution is 0.0925. The number of Topliss-reactive ketones (excluding diaryl/α,β-unsaturated/α-hetero) is 1. The molecule has 1 aromatic rings. The number of ether oxygens (including phenoxy) is 1. The molecule has 0 bridgehead atoms. The van der Waals surface area contributed by atoms with E-state index in [0.717, 1.165) is 17.9 Å². The zero-order chi connectivity index (χ0) is 13.8. The molecule has 3 nitrogen and oxygen atoms in total. The Bertz CT molecular complexity index is 427. The van der Waals surface area contributed by atoms with Crippen LogP contribution in [0.4, 0.5) is 0 Å². The van der Waals surface area contributed by atoms with Gasteiger partial charge < -0.3 is 4.74 Å². The lowest BCUT2D eigenvalue weighted by Gasteiger charge is -2.19. The first kappa shape index (κ1) is 14.1. The van der Waals surface area contributed by atoms with Gasteiger partial charge in [0.15, 0.2) is 5.78 Å². The zero-order valence-corrected chi connectivity index (χ0v) is 12.1. The number of carbonyl (C=O) groups is 1. The molecule has 2 unspecified atom stereocenters. The van der Waals surface area contributed by atoms with E-state index in [9.17, 15) is 4.79 Å². The van der Waals surface area contributed by atoms with Crippen LogP contribution in [0.2, 0.25) is 0 Å². The molecule has 0 saturated carbocycles. The molecule has 104 valence electrons. The number of nitrogens with zero attached hydrogens (tertiary/aromatic N) is 1. The van der Waals surface area contributed by atoms with Crippen molar-refractivity contribution in [2.24, 2.45) is 5.92 Å². The molecule has 0 amide bonds. The van der Waals surface area contributed by atoms with Gasteiger partial charge in [-0.15, -0.1) is 0 Å². The third-order valence-electron chi connectivity index (χ3n) is 3.75. The molecule has 1 aliphatic heterocycles. The molecule has 19 heavy (non-hydrogen) atoms. The Morgan fingerprint density at radius 3 is 2.53 bits per heavy atom. The molecule has 2 atom stereocenters. The Hall–Kier alpha value is -1.35. The van der Waals surface area contributed by atoms with Crippen LogP contribution in [-0.4, -0.2) is 36.4 Å². The molecule has 1 heterocycles. The minimum absolute atomic E-state index is 0.198. The average Bonchev–Trinajstić information content (AvgIpc) is 2.69. The summed E-state index contributed by atoms with van der Waals surface area (Å²) in [5.74, 6) is 1.72. The maximum Gasteiger partial charge on any atom is 0.176 e. The lowest BCUT2D eigenvalue weighted by atomic mass is 10.1. The maximum absolute atomic E-state index is 12.2. The van der Waals surface area contributed by atoms with E-state index in [4.69, 9.17) is 4.74 Å². The van der Waals surface area contributed by atoms with E-state index in [-0.39, 0.29) is 5.78 Å². The quantitative estimate of drug-likeness (QED) is 0.763. The molecule has 1 fully saturated rings. The fraction of sp³-hybridized carbons (Fsp3) is 0.562. The molecule has 0 radical (unpaired) electrons. The van der Waals surface area contributed by atoms with Crippen molar-refractivity contribution in [1.82, 2.24) is 4.90 Å². The summed E-state index contributed by atoms with van der Waals surface area (Å²) in [4.78, 5) is 14.5. The number of benzene rings is 1. The predicted octanol–water partition coefficient (Wildman–Crippen LogP) is 3.00. The lowest BCUT2D eigenvalue weighted by Crippen LogP contribution is -2.32. The van der Waals surface area contributed by atoms with Gasteiger partial charge in [-0.2, -0.15) is 0 Å². The summed E-state index contributed by atoms with van der Waals surface area (Å²) in [7, 11) is 0. The molecule has 1 aliphatic rings. The van der Waals surface area contributed by atoms with Gasteiger partial charge in [0, 0.05) is 18.2 Å². The van der Waals surface area contributed by atoms with Crippen LogP contribution in [0.15, 0.2) is 24.3 Å². The summed E-state index contributed by atoms with van der Waals surface area (Å²) >= 11 is 0. The third kappa shape index (κ3) is 3.57. The molecular weight excluding hydrogens is 238 g/mol. The van der Waals surface area contributed by atoms with Gasteiger partial charge >= 0.3 is 0 Å². The van der Waals surface area contributed by atoms with Gasteiger partial charge in [-0.3, -0.25) is 9.69 Å². The monoisotopic (exact) mass is 261 g/mol. The highest BCUT2D eigenvalue weighted by atomic mass is 16.5. The Labute approximate surface area is 115 Å². The van der Waals surface area contributed by atoms with E-state index in [1.807, 2.05) is 31.2 Å². The molecule has 3 heteroatoms. The van der Waals surface area contributed by atoms with Crippen LogP contribution in [0, 0.1) is 5.92 Å². The van der Waals surface area contributed by atoms with E-state index in [1.165, 1.54) is 6.42 Å². The van der Waals surface area contributed by atoms with Gasteiger partial charge in [-0.25, -0.2) is 0 Å². The number of hydrogen-bond donors (Lipinski definition) is 0. The van der Waals surface area contributed by atoms with Gasteiger partial charge in [0.25, 0.3) is 0 Å². The van der Waals surface area contributed by atoms with Crippen LogP contribution < -0.4 is 4.74 Å². The third-order valence-corrected chi connectivity index (χ3v) is 3.75. The van der Waals surface area contributed by atoms with Gasteiger partial charge in [0.1, 0.15) is 5.75 Å². The Kier molecular flexibility index (Phi) is 4.59. The van der Waals surface area contributed by atoms with Crippen molar-refractivity contribution in [1.29, 1.82) is 0 Å². The van der Waals surface area contributed by atoms with Crippen molar-refractivity contribution in [3.05, 3.63) is 29.8 Å². The molecule has 1 aromatic carbocycles. The Morgan fingerprint density at radius 1 is 1.32 bits per heavy atom. The highest BCUT2D eigenvalue weighted by Gasteiger charge is 2.27. The smallest absolute Gasteiger partial charge is 0.176 e. The summed E-state index contributed by atoms with van der Waals surface area (Å²) in [6.07, 6.45) is 1.19. The van der Waals surface area contributed by atoms with Crippen molar-refractivity contribution >= 4 is 5.78 Å². The fourth-order valence-corrected chi connectivity index (χ4v) is 2.79. The van der Waals surface area contributed by atoms with Crippen molar-refractivity contribution in [3.8, 4) is 5.75 Å². The highest BCUT2D eigenvalue weighted by Crippen LogP contribution is 2.22. The topological polar surface area (TPSA) is 29.5 Å². The summed E-state index contributed by atoms with van der Waals surface area (Å²) in [5, 5.41) is 0. The van der Waals surface area contributed by atoms with Gasteiger partial charge in [0.05, 0.1) is 13.2 Å². The fourth-order valence-electron chi connectivity index (χ4n) is 2.79. The largest absolute Gasteiger partial charge is 0.494 e. The first-order valence-electron chi connectivity index (χ1n) is 7.10. The second-order valence-corrected chi connectivity index (χ2v) is 5.50. The van der Waals surface area contributed by atoms with E-state index in [1.54, 1.807) is 0 Å². The SMILES string of the molecule is CCOc1ccc(C(=O)CN2CC(C)CC2C)cc1. The van der Waals surface area contributed by atoms with Crippen LogP contribution in [0.3, 0.4) is 0 Å². The van der Waals surface area contributed by atoms with Gasteiger partial charge in [0.2, 0.25) is 0 Å². The summed E-state index contributed by atoms with van der Waals surface area (Å²) in [6.45, 7) is 8.61. The van der Waals surface area contributed by atoms with E-state index in [2.05, 4.69) is 18.7 Å². The molecule has 0 N–H and O–H groups in total. The van der Waals surface area contributed by atoms with Crippen LogP contribution in [0.1, 0.15) is 37.6 Å². The molecular formula is C16H23NO2. The van der Waals surface area contributed by atoms with Crippen molar-refractivity contribution in [3.63, 3.8) is 0 Å². The number of rotatable bonds is 5. The highest BCUT2D eigenvalue weighted by molar-refractivity contribution is 5.97. The van der Waals surface area contributed by atoms with Crippen molar-refractivity contribution < 1.29 is 9.53 Å². The average molecular weight is 261 g/mol. The molecule has 2 rings (SSSR count).